The van der Waals surface area contributed by atoms with Gasteiger partial charge in [-0.2, -0.15) is 0 Å². The number of hydrogen-bond acceptors (Lipinski definition) is 3. The normalized spacial score (nSPS) is 24.5. The Bertz CT molecular complexity index is 771. The van der Waals surface area contributed by atoms with E-state index in [1.807, 2.05) is 7.05 Å². The van der Waals surface area contributed by atoms with Crippen molar-refractivity contribution in [3.05, 3.63) is 35.4 Å². The first-order valence-corrected chi connectivity index (χ1v) is 11.6. The molecule has 6 heteroatoms. The molecule has 2 saturated heterocycles. The summed E-state index contributed by atoms with van der Waals surface area (Å²) in [4.78, 5) is 20.9. The van der Waals surface area contributed by atoms with Gasteiger partial charge in [-0.3, -0.25) is 14.7 Å². The first-order valence-electron chi connectivity index (χ1n) is 11.6. The number of piperidine rings is 1. The van der Waals surface area contributed by atoms with Crippen molar-refractivity contribution in [2.75, 3.05) is 33.2 Å². The molecule has 1 unspecified atom stereocenters. The highest BCUT2D eigenvalue weighted by atomic mass is 16.1. The smallest absolute Gasteiger partial charge is 0.221 e. The number of nitrogens with one attached hydrogen (secondary N) is 1. The van der Waals surface area contributed by atoms with Gasteiger partial charge in [-0.1, -0.05) is 37.1 Å². The van der Waals surface area contributed by atoms with Crippen molar-refractivity contribution < 1.29 is 4.79 Å². The second-order valence-corrected chi connectivity index (χ2v) is 9.58. The molecule has 6 nitrogen and oxygen atoms in total. The minimum absolute atomic E-state index is 0.00412. The van der Waals surface area contributed by atoms with Crippen LogP contribution in [0.5, 0.6) is 0 Å². The number of rotatable bonds is 5. The summed E-state index contributed by atoms with van der Waals surface area (Å²) >= 11 is 0. The Balaban J connectivity index is 1.31. The molecule has 1 amide bonds. The molecular weight excluding hydrogens is 374 g/mol. The van der Waals surface area contributed by atoms with Crippen LogP contribution < -0.4 is 11.1 Å². The minimum atomic E-state index is -0.162. The third-order valence-electron chi connectivity index (χ3n) is 7.37. The Morgan fingerprint density at radius 3 is 2.77 bits per heavy atom. The zero-order valence-electron chi connectivity index (χ0n) is 18.4. The molecule has 30 heavy (non-hydrogen) atoms. The van der Waals surface area contributed by atoms with E-state index in [9.17, 15) is 4.79 Å². The lowest BCUT2D eigenvalue weighted by Gasteiger charge is -2.31. The van der Waals surface area contributed by atoms with Crippen molar-refractivity contribution in [1.82, 2.24) is 15.1 Å². The molecule has 1 saturated carbocycles. The third-order valence-corrected chi connectivity index (χ3v) is 7.37. The van der Waals surface area contributed by atoms with Crippen LogP contribution in [0.4, 0.5) is 0 Å². The second kappa shape index (κ2) is 9.38. The van der Waals surface area contributed by atoms with Gasteiger partial charge in [0.25, 0.3) is 0 Å². The number of likely N-dealkylation sites (tertiary alicyclic amines) is 2. The maximum atomic E-state index is 11.5. The summed E-state index contributed by atoms with van der Waals surface area (Å²) in [5, 5.41) is 3.59. The minimum Gasteiger partial charge on any atom is -0.369 e. The number of guanidine groups is 1. The highest BCUT2D eigenvalue weighted by molar-refractivity contribution is 5.80. The number of primary amides is 1. The van der Waals surface area contributed by atoms with Gasteiger partial charge in [0.05, 0.1) is 5.92 Å². The van der Waals surface area contributed by atoms with Crippen molar-refractivity contribution in [3.8, 4) is 0 Å². The fourth-order valence-corrected chi connectivity index (χ4v) is 5.69. The molecule has 1 aromatic carbocycles. The zero-order valence-corrected chi connectivity index (χ0v) is 18.4. The van der Waals surface area contributed by atoms with Crippen LogP contribution in [0, 0.1) is 11.3 Å². The third kappa shape index (κ3) is 4.97. The van der Waals surface area contributed by atoms with E-state index in [2.05, 4.69) is 44.4 Å². The monoisotopic (exact) mass is 411 g/mol. The fraction of sp³-hybridized carbons (Fsp3) is 0.667. The summed E-state index contributed by atoms with van der Waals surface area (Å²) in [5.41, 5.74) is 8.64. The average molecular weight is 412 g/mol. The maximum absolute atomic E-state index is 11.5. The molecule has 1 aromatic rings. The first-order chi connectivity index (χ1) is 14.6. The summed E-state index contributed by atoms with van der Waals surface area (Å²) in [6, 6.07) is 8.76. The van der Waals surface area contributed by atoms with E-state index < -0.39 is 0 Å². The predicted octanol–water partition coefficient (Wildman–Crippen LogP) is 2.73. The van der Waals surface area contributed by atoms with Gasteiger partial charge >= 0.3 is 0 Å². The second-order valence-electron chi connectivity index (χ2n) is 9.58. The van der Waals surface area contributed by atoms with Crippen molar-refractivity contribution >= 4 is 11.9 Å². The Hall–Kier alpha value is -2.08. The van der Waals surface area contributed by atoms with Crippen molar-refractivity contribution in [1.29, 1.82) is 0 Å². The standard InChI is InChI=1S/C24H37N5O/c1-26-23(29-13-11-24(18-29)9-2-3-10-24)27-15-19-6-4-7-20(14-19)16-28-12-5-8-21(17-28)22(25)30/h4,6-7,14,21H,2-3,5,8-13,15-18H2,1H3,(H2,25,30)(H,26,27). The average Bonchev–Trinajstić information content (AvgIpc) is 3.39. The molecule has 4 rings (SSSR count). The van der Waals surface area contributed by atoms with Crippen LogP contribution in [0.15, 0.2) is 29.3 Å². The summed E-state index contributed by atoms with van der Waals surface area (Å²) < 4.78 is 0. The number of nitrogens with zero attached hydrogens (tertiary/aromatic N) is 3. The number of benzene rings is 1. The lowest BCUT2D eigenvalue weighted by Crippen LogP contribution is -2.41. The van der Waals surface area contributed by atoms with Crippen molar-refractivity contribution in [2.45, 2.75) is 58.0 Å². The van der Waals surface area contributed by atoms with E-state index in [0.717, 1.165) is 58.1 Å². The predicted molar refractivity (Wildman–Crippen MR) is 121 cm³/mol. The van der Waals surface area contributed by atoms with E-state index >= 15 is 0 Å². The SMILES string of the molecule is CN=C(NCc1cccc(CN2CCCC(C(N)=O)C2)c1)N1CCC2(CCCC2)C1. The molecule has 0 bridgehead atoms. The molecule has 1 aliphatic carbocycles. The highest BCUT2D eigenvalue weighted by Crippen LogP contribution is 2.45. The number of amides is 1. The number of hydrogen-bond donors (Lipinski definition) is 2. The van der Waals surface area contributed by atoms with Crippen molar-refractivity contribution in [2.24, 2.45) is 22.1 Å². The Morgan fingerprint density at radius 1 is 1.20 bits per heavy atom. The molecule has 3 fully saturated rings. The van der Waals surface area contributed by atoms with Gasteiger partial charge in [-0.25, -0.2) is 0 Å². The first kappa shape index (κ1) is 21.2. The summed E-state index contributed by atoms with van der Waals surface area (Å²) in [7, 11) is 1.89. The molecule has 1 spiro atoms. The van der Waals surface area contributed by atoms with Gasteiger partial charge in [-0.05, 0) is 55.2 Å². The molecule has 0 radical (unpaired) electrons. The van der Waals surface area contributed by atoms with E-state index in [1.54, 1.807) is 0 Å². The lowest BCUT2D eigenvalue weighted by molar-refractivity contribution is -0.123. The molecule has 0 aromatic heterocycles. The van der Waals surface area contributed by atoms with Crippen LogP contribution in [0.3, 0.4) is 0 Å². The van der Waals surface area contributed by atoms with Crippen LogP contribution in [-0.4, -0.2) is 54.9 Å². The summed E-state index contributed by atoms with van der Waals surface area (Å²) in [6.45, 7) is 5.75. The van der Waals surface area contributed by atoms with Gasteiger partial charge in [0, 0.05) is 39.8 Å². The Morgan fingerprint density at radius 2 is 2.00 bits per heavy atom. The van der Waals surface area contributed by atoms with Gasteiger partial charge in [-0.15, -0.1) is 0 Å². The van der Waals surface area contributed by atoms with E-state index in [1.165, 1.54) is 43.2 Å². The maximum Gasteiger partial charge on any atom is 0.221 e. The van der Waals surface area contributed by atoms with Gasteiger partial charge in [0.2, 0.25) is 5.91 Å². The van der Waals surface area contributed by atoms with Crippen LogP contribution in [0.2, 0.25) is 0 Å². The topological polar surface area (TPSA) is 74.0 Å². The van der Waals surface area contributed by atoms with Gasteiger partial charge < -0.3 is 16.0 Å². The number of aliphatic imine (C=N–C) groups is 1. The molecular formula is C24H37N5O. The number of nitrogens with two attached hydrogens (primary N) is 1. The number of carbonyl (C=O) groups excluding carboxylic acids is 1. The molecule has 2 heterocycles. The molecule has 2 aliphatic heterocycles. The zero-order chi connectivity index (χ0) is 21.0. The largest absolute Gasteiger partial charge is 0.369 e. The van der Waals surface area contributed by atoms with Crippen LogP contribution in [0.25, 0.3) is 0 Å². The molecule has 164 valence electrons. The van der Waals surface area contributed by atoms with Crippen LogP contribution >= 0.6 is 0 Å². The van der Waals surface area contributed by atoms with Crippen LogP contribution in [-0.2, 0) is 17.9 Å². The van der Waals surface area contributed by atoms with E-state index in [4.69, 9.17) is 5.73 Å². The highest BCUT2D eigenvalue weighted by Gasteiger charge is 2.41. The summed E-state index contributed by atoms with van der Waals surface area (Å²) in [5.74, 6) is 0.866. The van der Waals surface area contributed by atoms with Crippen molar-refractivity contribution in [3.63, 3.8) is 0 Å². The van der Waals surface area contributed by atoms with Crippen LogP contribution in [0.1, 0.15) is 56.1 Å². The lowest BCUT2D eigenvalue weighted by atomic mass is 9.86. The summed E-state index contributed by atoms with van der Waals surface area (Å²) in [6.07, 6.45) is 8.83. The quantitative estimate of drug-likeness (QED) is 0.577. The fourth-order valence-electron chi connectivity index (χ4n) is 5.69. The molecule has 3 N–H and O–H groups in total. The molecule has 3 aliphatic rings. The van der Waals surface area contributed by atoms with E-state index in [-0.39, 0.29) is 11.8 Å². The Labute approximate surface area is 180 Å². The van der Waals surface area contributed by atoms with Gasteiger partial charge in [0.1, 0.15) is 0 Å². The van der Waals surface area contributed by atoms with Gasteiger partial charge in [0.15, 0.2) is 5.96 Å². The molecule has 1 atom stereocenters. The number of carbonyl (C=O) groups is 1. The Kier molecular flexibility index (Phi) is 6.61. The van der Waals surface area contributed by atoms with E-state index in [0.29, 0.717) is 5.41 Å².